The van der Waals surface area contributed by atoms with Crippen molar-refractivity contribution < 1.29 is 43.5 Å². The Morgan fingerprint density at radius 3 is 1.22 bits per heavy atom. The molecule has 142 valence electrons. The molecule has 0 aliphatic carbocycles. The average Bonchev–Trinajstić information content (AvgIpc) is 2.27. The predicted molar refractivity (Wildman–Crippen MR) is 88.2 cm³/mol. The third-order valence-corrected chi connectivity index (χ3v) is 6.01. The van der Waals surface area contributed by atoms with E-state index in [2.05, 4.69) is 48.1 Å². The minimum absolute atomic E-state index is 0. The third kappa shape index (κ3) is 22.0. The molecule has 0 saturated carbocycles. The molecule has 0 rings (SSSR count). The van der Waals surface area contributed by atoms with Crippen molar-refractivity contribution in [2.75, 3.05) is 0 Å². The Hall–Kier alpha value is -0.0377. The zero-order valence-electron chi connectivity index (χ0n) is 15.2. The van der Waals surface area contributed by atoms with Gasteiger partial charge in [-0.1, -0.05) is 49.5 Å². The van der Waals surface area contributed by atoms with Gasteiger partial charge in [0, 0.05) is 0 Å². The molecule has 0 aromatic rings. The summed E-state index contributed by atoms with van der Waals surface area (Å²) in [7, 11) is 0.262. The van der Waals surface area contributed by atoms with Gasteiger partial charge in [0.1, 0.15) is 5.97 Å². The van der Waals surface area contributed by atoms with Gasteiger partial charge in [0.2, 0.25) is 0 Å². The summed E-state index contributed by atoms with van der Waals surface area (Å²) in [5.41, 5.74) is 2.69. The van der Waals surface area contributed by atoms with Crippen LogP contribution in [0.15, 0.2) is 12.7 Å². The van der Waals surface area contributed by atoms with Crippen LogP contribution in [0.1, 0.15) is 55.4 Å². The first-order valence-corrected chi connectivity index (χ1v) is 8.71. The molecule has 0 fully saturated rings. The fraction of sp³-hybridized carbons (Fsp3) is 0.750. The molecule has 0 amide bonds. The monoisotopic (exact) mass is 448 g/mol. The second-order valence-corrected chi connectivity index (χ2v) is 9.79. The maximum atomic E-state index is 10.5. The van der Waals surface area contributed by atoms with Crippen LogP contribution in [-0.2, 0) is 25.2 Å². The maximum absolute atomic E-state index is 10.5. The summed E-state index contributed by atoms with van der Waals surface area (Å²) in [4.78, 5) is 8.78. The zero-order chi connectivity index (χ0) is 18.7. The fourth-order valence-electron chi connectivity index (χ4n) is 1.79. The molecule has 0 heterocycles. The zero-order valence-corrected chi connectivity index (χ0v) is 17.7. The molecular weight excluding hydrogens is 419 g/mol. The molecule has 0 aliphatic rings. The van der Waals surface area contributed by atoms with Crippen molar-refractivity contribution in [1.82, 2.24) is 0 Å². The molecular formula is C16H30F3O2PPd. The van der Waals surface area contributed by atoms with E-state index in [4.69, 9.17) is 9.90 Å². The predicted octanol–water partition coefficient (Wildman–Crippen LogP) is 4.78. The molecule has 0 aromatic heterocycles. The van der Waals surface area contributed by atoms with E-state index in [-0.39, 0.29) is 28.3 Å². The van der Waals surface area contributed by atoms with Crippen LogP contribution in [0.3, 0.4) is 0 Å². The van der Waals surface area contributed by atoms with Crippen LogP contribution in [0, 0.1) is 5.92 Å². The van der Waals surface area contributed by atoms with Gasteiger partial charge in [-0.2, -0.15) is 13.2 Å². The van der Waals surface area contributed by atoms with Gasteiger partial charge in [-0.05, 0) is 17.0 Å². The minimum atomic E-state index is -5.19. The summed E-state index contributed by atoms with van der Waals surface area (Å²) in [6.07, 6.45) is -3.36. The Morgan fingerprint density at radius 1 is 1.04 bits per heavy atom. The molecule has 0 unspecified atom stereocenters. The van der Waals surface area contributed by atoms with E-state index in [0.717, 1.165) is 17.0 Å². The molecule has 0 radical (unpaired) electrons. The number of allylic oxidation sites excluding steroid dienone is 1. The second-order valence-electron chi connectivity index (χ2n) is 5.80. The SMILES string of the molecule is C=C[C-](C)C.CC(C)P(C(C)C)C(C)C.O=C([O-])C(F)(F)F.[Pd+2]. The average molecular weight is 449 g/mol. The Labute approximate surface area is 154 Å². The van der Waals surface area contributed by atoms with Crippen LogP contribution in [0.5, 0.6) is 0 Å². The molecule has 0 aromatic carbocycles. The molecule has 0 N–H and O–H groups in total. The van der Waals surface area contributed by atoms with E-state index in [1.807, 2.05) is 19.9 Å². The molecule has 7 heteroatoms. The normalized spacial score (nSPS) is 10.4. The van der Waals surface area contributed by atoms with Crippen LogP contribution in [0.2, 0.25) is 0 Å². The minimum Gasteiger partial charge on any atom is -0.542 e. The van der Waals surface area contributed by atoms with Crippen LogP contribution in [0.25, 0.3) is 0 Å². The van der Waals surface area contributed by atoms with Crippen molar-refractivity contribution in [1.29, 1.82) is 0 Å². The van der Waals surface area contributed by atoms with Gasteiger partial charge in [-0.3, -0.25) is 0 Å². The first-order chi connectivity index (χ1) is 9.68. The molecule has 0 aliphatic heterocycles. The van der Waals surface area contributed by atoms with E-state index in [9.17, 15) is 13.2 Å². The second kappa shape index (κ2) is 15.5. The van der Waals surface area contributed by atoms with Crippen molar-refractivity contribution in [2.24, 2.45) is 0 Å². The Balaban J connectivity index is -0.000000123. The smallest absolute Gasteiger partial charge is 0.542 e. The standard InChI is InChI=1S/C9H21P.C5H9.C2HF3O2.Pd/c1-7(2)10(8(3)4)9(5)6;1-4-5(2)3;3-2(4,5)1(6)7;/h7-9H,1-6H3;4H,1H2,2-3H3;(H,6,7);/q;-1;;+2/p-1. The number of carboxylic acids is 1. The molecule has 0 spiro atoms. The number of carbonyl (C=O) groups excluding carboxylic acids is 1. The number of aliphatic carboxylic acids is 1. The van der Waals surface area contributed by atoms with Gasteiger partial charge in [0.25, 0.3) is 0 Å². The summed E-state index contributed by atoms with van der Waals surface area (Å²) in [6.45, 7) is 21.7. The number of alkyl halides is 3. The van der Waals surface area contributed by atoms with E-state index in [0.29, 0.717) is 0 Å². The van der Waals surface area contributed by atoms with Crippen LogP contribution in [0.4, 0.5) is 13.2 Å². The van der Waals surface area contributed by atoms with Crippen molar-refractivity contribution in [2.45, 2.75) is 78.5 Å². The number of carbonyl (C=O) groups is 1. The van der Waals surface area contributed by atoms with E-state index in [1.165, 1.54) is 5.92 Å². The molecule has 23 heavy (non-hydrogen) atoms. The van der Waals surface area contributed by atoms with Crippen molar-refractivity contribution in [3.05, 3.63) is 18.6 Å². The van der Waals surface area contributed by atoms with E-state index < -0.39 is 12.1 Å². The van der Waals surface area contributed by atoms with Crippen molar-refractivity contribution >= 4 is 13.9 Å². The largest absolute Gasteiger partial charge is 2.00 e. The first-order valence-electron chi connectivity index (χ1n) is 7.16. The van der Waals surface area contributed by atoms with E-state index in [1.54, 1.807) is 0 Å². The molecule has 0 bridgehead atoms. The summed E-state index contributed by atoms with van der Waals surface area (Å²) >= 11 is 0. The van der Waals surface area contributed by atoms with Gasteiger partial charge in [0.15, 0.2) is 0 Å². The van der Waals surface area contributed by atoms with Gasteiger partial charge in [-0.25, -0.2) is 18.6 Å². The number of hydrogen-bond donors (Lipinski definition) is 0. The third-order valence-electron chi connectivity index (χ3n) is 2.43. The van der Waals surface area contributed by atoms with Crippen LogP contribution in [-0.4, -0.2) is 29.1 Å². The fourth-order valence-corrected chi connectivity index (χ4v) is 5.37. The van der Waals surface area contributed by atoms with Gasteiger partial charge >= 0.3 is 26.6 Å². The van der Waals surface area contributed by atoms with Gasteiger partial charge < -0.3 is 9.90 Å². The molecule has 0 saturated heterocycles. The quantitative estimate of drug-likeness (QED) is 0.353. The van der Waals surface area contributed by atoms with Gasteiger partial charge in [0.05, 0.1) is 0 Å². The van der Waals surface area contributed by atoms with E-state index >= 15 is 0 Å². The Morgan fingerprint density at radius 2 is 1.22 bits per heavy atom. The summed E-state index contributed by atoms with van der Waals surface area (Å²) in [5.74, 6) is -1.74. The molecule has 2 nitrogen and oxygen atoms in total. The number of hydrogen-bond acceptors (Lipinski definition) is 2. The van der Waals surface area contributed by atoms with Crippen molar-refractivity contribution in [3.63, 3.8) is 0 Å². The number of carboxylic acid groups (broad SMARTS) is 1. The Kier molecular flexibility index (Phi) is 20.7. The number of halogens is 3. The summed E-state index contributed by atoms with van der Waals surface area (Å²) in [5, 5.41) is 8.78. The van der Waals surface area contributed by atoms with Crippen LogP contribution >= 0.6 is 7.92 Å². The topological polar surface area (TPSA) is 40.1 Å². The Bertz CT molecular complexity index is 285. The van der Waals surface area contributed by atoms with Crippen molar-refractivity contribution in [3.8, 4) is 0 Å². The first kappa shape index (κ1) is 30.8. The maximum Gasteiger partial charge on any atom is 2.00 e. The van der Waals surface area contributed by atoms with Gasteiger partial charge in [-0.15, -0.1) is 13.8 Å². The number of rotatable bonds is 4. The van der Waals surface area contributed by atoms with Crippen LogP contribution < -0.4 is 5.11 Å². The molecule has 0 atom stereocenters. The summed E-state index contributed by atoms with van der Waals surface area (Å²) < 4.78 is 31.5. The summed E-state index contributed by atoms with van der Waals surface area (Å²) in [6, 6.07) is 0.